The predicted octanol–water partition coefficient (Wildman–Crippen LogP) is 10.8. The van der Waals surface area contributed by atoms with Crippen LogP contribution in [0.5, 0.6) is 17.2 Å². The zero-order valence-corrected chi connectivity index (χ0v) is 36.4. The third kappa shape index (κ3) is 5.90. The van der Waals surface area contributed by atoms with Crippen LogP contribution in [0.3, 0.4) is 0 Å². The standard InChI is InChI=1S/C60H40BNO2Si/c1-4-18-46(19-5-1)65(47-20-6-2-7-21-47,48-22-8-3-9-23-48)49-24-16-17-42(37-49)44-38-53-52-27-12-15-30-57(52)64-61-54-39-43(33-36-58(54)63-59(40-44)60(53)61)41-31-34-45(35-32-41)62-55-28-13-10-25-50(55)51-26-11-14-29-56(51)62/h1-40H. The number of fused-ring (bicyclic) bond motifs is 7. The van der Waals surface area contributed by atoms with Crippen LogP contribution in [0.1, 0.15) is 0 Å². The van der Waals surface area contributed by atoms with Crippen molar-refractivity contribution in [2.45, 2.75) is 0 Å². The van der Waals surface area contributed by atoms with E-state index in [0.717, 1.165) is 67.2 Å². The van der Waals surface area contributed by atoms with E-state index in [2.05, 4.69) is 247 Å². The van der Waals surface area contributed by atoms with Gasteiger partial charge in [0.15, 0.2) is 8.07 Å². The summed E-state index contributed by atoms with van der Waals surface area (Å²) in [7, 11) is -2.75. The molecule has 5 heteroatoms. The van der Waals surface area contributed by atoms with Gasteiger partial charge in [0.25, 0.3) is 0 Å². The van der Waals surface area contributed by atoms with Gasteiger partial charge in [-0.2, -0.15) is 0 Å². The molecule has 1 aromatic heterocycles. The van der Waals surface area contributed by atoms with Crippen molar-refractivity contribution in [2.24, 2.45) is 0 Å². The lowest BCUT2D eigenvalue weighted by atomic mass is 9.50. The molecule has 0 atom stereocenters. The molecule has 3 heterocycles. The van der Waals surface area contributed by atoms with E-state index in [1.54, 1.807) is 0 Å². The normalized spacial score (nSPS) is 12.5. The van der Waals surface area contributed by atoms with Crippen LogP contribution in [0.4, 0.5) is 0 Å². The second kappa shape index (κ2) is 15.0. The van der Waals surface area contributed by atoms with Gasteiger partial charge in [0.05, 0.1) is 11.0 Å². The zero-order valence-electron chi connectivity index (χ0n) is 35.4. The number of rotatable bonds is 7. The minimum absolute atomic E-state index is 0.329. The van der Waals surface area contributed by atoms with Gasteiger partial charge in [-0.1, -0.05) is 194 Å². The highest BCUT2D eigenvalue weighted by Crippen LogP contribution is 2.42. The molecule has 11 aromatic rings. The van der Waals surface area contributed by atoms with Crippen molar-refractivity contribution >= 4 is 68.5 Å². The number of hydrogen-bond donors (Lipinski definition) is 0. The van der Waals surface area contributed by atoms with Crippen LogP contribution < -0.4 is 41.1 Å². The molecule has 304 valence electrons. The molecule has 0 saturated carbocycles. The van der Waals surface area contributed by atoms with Gasteiger partial charge in [-0.05, 0) is 97.1 Å². The third-order valence-corrected chi connectivity index (χ3v) is 18.4. The maximum Gasteiger partial charge on any atom is 0.434 e. The van der Waals surface area contributed by atoms with E-state index in [-0.39, 0.29) is 6.92 Å². The van der Waals surface area contributed by atoms with Crippen molar-refractivity contribution < 1.29 is 9.39 Å². The van der Waals surface area contributed by atoms with Crippen molar-refractivity contribution in [1.29, 1.82) is 0 Å². The summed E-state index contributed by atoms with van der Waals surface area (Å²) >= 11 is 0. The molecule has 10 aromatic carbocycles. The van der Waals surface area contributed by atoms with Crippen molar-refractivity contribution in [3.8, 4) is 56.3 Å². The molecule has 0 bridgehead atoms. The summed E-state index contributed by atoms with van der Waals surface area (Å²) in [6, 6.07) is 88.4. The Balaban J connectivity index is 0.917. The molecular weight excluding hydrogens is 806 g/mol. The smallest absolute Gasteiger partial charge is 0.434 e. The highest BCUT2D eigenvalue weighted by molar-refractivity contribution is 7.19. The number of hydrogen-bond acceptors (Lipinski definition) is 2. The lowest BCUT2D eigenvalue weighted by molar-refractivity contribution is 0.479. The van der Waals surface area contributed by atoms with E-state index in [1.165, 1.54) is 42.6 Å². The largest absolute Gasteiger partial charge is 0.551 e. The maximum absolute atomic E-state index is 6.99. The topological polar surface area (TPSA) is 23.4 Å². The van der Waals surface area contributed by atoms with E-state index in [0.29, 0.717) is 0 Å². The summed E-state index contributed by atoms with van der Waals surface area (Å²) in [5.41, 5.74) is 12.3. The van der Waals surface area contributed by atoms with Gasteiger partial charge in [-0.15, -0.1) is 0 Å². The van der Waals surface area contributed by atoms with Crippen LogP contribution in [0.2, 0.25) is 0 Å². The maximum atomic E-state index is 6.99. The summed E-state index contributed by atoms with van der Waals surface area (Å²) in [4.78, 5) is 0. The number of ether oxygens (including phenoxy) is 1. The van der Waals surface area contributed by atoms with Gasteiger partial charge < -0.3 is 14.0 Å². The molecule has 0 spiro atoms. The Morgan fingerprint density at radius 1 is 0.354 bits per heavy atom. The van der Waals surface area contributed by atoms with E-state index in [4.69, 9.17) is 9.39 Å². The molecule has 2 aliphatic heterocycles. The molecule has 0 unspecified atom stereocenters. The molecule has 13 rings (SSSR count). The molecule has 2 aliphatic rings. The number of aromatic nitrogens is 1. The molecule has 0 saturated heterocycles. The van der Waals surface area contributed by atoms with Crippen LogP contribution in [-0.2, 0) is 0 Å². The Labute approximate surface area is 379 Å². The molecule has 0 N–H and O–H groups in total. The van der Waals surface area contributed by atoms with Gasteiger partial charge in [0.1, 0.15) is 17.2 Å². The summed E-state index contributed by atoms with van der Waals surface area (Å²) in [6.45, 7) is -0.329. The van der Waals surface area contributed by atoms with Gasteiger partial charge in [0.2, 0.25) is 0 Å². The minimum atomic E-state index is -2.75. The van der Waals surface area contributed by atoms with E-state index in [9.17, 15) is 0 Å². The second-order valence-electron chi connectivity index (χ2n) is 17.1. The van der Waals surface area contributed by atoms with Crippen molar-refractivity contribution in [1.82, 2.24) is 4.57 Å². The third-order valence-electron chi connectivity index (χ3n) is 13.6. The van der Waals surface area contributed by atoms with Gasteiger partial charge in [-0.25, -0.2) is 0 Å². The summed E-state index contributed by atoms with van der Waals surface area (Å²) in [5, 5.41) is 7.89. The first-order valence-electron chi connectivity index (χ1n) is 22.3. The monoisotopic (exact) mass is 845 g/mol. The molecular formula is C60H40BNO2Si. The number of nitrogens with zero attached hydrogens (tertiary/aromatic N) is 1. The second-order valence-corrected chi connectivity index (χ2v) is 20.9. The fourth-order valence-corrected chi connectivity index (χ4v) is 15.5. The SMILES string of the molecule is c1ccc([Si](c2ccccc2)(c2ccccc2)c2cccc(-c3cc4c5c(c3)-c3ccccc3OB5c3cc(-c5ccc(-n6c7ccccc7c7ccccc76)cc5)ccc3O4)c2)cc1. The van der Waals surface area contributed by atoms with Crippen LogP contribution in [-0.4, -0.2) is 19.6 Å². The first-order valence-corrected chi connectivity index (χ1v) is 24.3. The predicted molar refractivity (Wildman–Crippen MR) is 273 cm³/mol. The van der Waals surface area contributed by atoms with Crippen LogP contribution >= 0.6 is 0 Å². The highest BCUT2D eigenvalue weighted by Gasteiger charge is 2.43. The Bertz CT molecular complexity index is 3460. The van der Waals surface area contributed by atoms with E-state index >= 15 is 0 Å². The average Bonchev–Trinajstić information content (AvgIpc) is 3.72. The fourth-order valence-electron chi connectivity index (χ4n) is 10.7. The van der Waals surface area contributed by atoms with Gasteiger partial charge in [-0.3, -0.25) is 0 Å². The fraction of sp³-hybridized carbons (Fsp3) is 0. The minimum Gasteiger partial charge on any atom is -0.551 e. The van der Waals surface area contributed by atoms with Crippen LogP contribution in [0.25, 0.3) is 60.9 Å². The van der Waals surface area contributed by atoms with Crippen molar-refractivity contribution in [3.63, 3.8) is 0 Å². The van der Waals surface area contributed by atoms with Crippen molar-refractivity contribution in [3.05, 3.63) is 243 Å². The molecule has 0 aliphatic carbocycles. The summed E-state index contributed by atoms with van der Waals surface area (Å²) in [5.74, 6) is 2.52. The molecule has 0 radical (unpaired) electrons. The van der Waals surface area contributed by atoms with E-state index in [1.807, 2.05) is 0 Å². The lowest BCUT2D eigenvalue weighted by Gasteiger charge is -2.35. The molecule has 65 heavy (non-hydrogen) atoms. The Morgan fingerprint density at radius 3 is 1.57 bits per heavy atom. The first kappa shape index (κ1) is 37.4. The Hall–Kier alpha value is -8.12. The quantitative estimate of drug-likeness (QED) is 0.118. The number of para-hydroxylation sites is 3. The summed E-state index contributed by atoms with van der Waals surface area (Å²) in [6.07, 6.45) is 0. The molecule has 3 nitrogen and oxygen atoms in total. The van der Waals surface area contributed by atoms with E-state index < -0.39 is 8.07 Å². The highest BCUT2D eigenvalue weighted by atomic mass is 28.3. The molecule has 0 fully saturated rings. The average molecular weight is 846 g/mol. The number of benzene rings is 10. The van der Waals surface area contributed by atoms with Crippen LogP contribution in [0.15, 0.2) is 243 Å². The zero-order chi connectivity index (χ0) is 42.9. The Kier molecular flexibility index (Phi) is 8.65. The first-order chi connectivity index (χ1) is 32.2. The summed E-state index contributed by atoms with van der Waals surface area (Å²) < 4.78 is 16.3. The van der Waals surface area contributed by atoms with Crippen molar-refractivity contribution in [2.75, 3.05) is 0 Å². The Morgan fingerprint density at radius 2 is 0.908 bits per heavy atom. The van der Waals surface area contributed by atoms with Crippen LogP contribution in [0, 0.1) is 0 Å². The van der Waals surface area contributed by atoms with Gasteiger partial charge in [0, 0.05) is 32.9 Å². The molecule has 0 amide bonds. The van der Waals surface area contributed by atoms with Gasteiger partial charge >= 0.3 is 6.92 Å². The lowest BCUT2D eigenvalue weighted by Crippen LogP contribution is -2.74.